The number of nitrogens with zero attached hydrogens (tertiary/aromatic N) is 1. The third kappa shape index (κ3) is 2.91. The highest BCUT2D eigenvalue weighted by Gasteiger charge is 2.12. The molecule has 5 heteroatoms. The normalized spacial score (nSPS) is 11.6. The Labute approximate surface area is 145 Å². The second-order valence-corrected chi connectivity index (χ2v) is 6.37. The largest absolute Gasteiger partial charge is 0.358 e. The molecule has 0 spiro atoms. The summed E-state index contributed by atoms with van der Waals surface area (Å²) in [5.74, 6) is 0.684. The van der Waals surface area contributed by atoms with Crippen LogP contribution >= 0.6 is 0 Å². The van der Waals surface area contributed by atoms with Crippen LogP contribution in [0.2, 0.25) is 0 Å². The molecule has 0 aliphatic heterocycles. The molecule has 3 N–H and O–H groups in total. The lowest BCUT2D eigenvalue weighted by Gasteiger charge is -2.06. The maximum absolute atomic E-state index is 14.0. The lowest BCUT2D eigenvalue weighted by molar-refractivity contribution is 0.621. The van der Waals surface area contributed by atoms with Crippen molar-refractivity contribution in [2.45, 2.75) is 33.4 Å². The number of imidazole rings is 1. The molecule has 0 saturated heterocycles. The van der Waals surface area contributed by atoms with Gasteiger partial charge < -0.3 is 15.3 Å². The number of aromatic nitrogens is 3. The van der Waals surface area contributed by atoms with E-state index in [0.717, 1.165) is 45.3 Å². The van der Waals surface area contributed by atoms with Gasteiger partial charge in [-0.1, -0.05) is 19.1 Å². The Morgan fingerprint density at radius 2 is 1.96 bits per heavy atom. The van der Waals surface area contributed by atoms with Crippen molar-refractivity contribution in [1.82, 2.24) is 20.3 Å². The van der Waals surface area contributed by atoms with Crippen molar-refractivity contribution in [3.63, 3.8) is 0 Å². The number of hydrogen-bond acceptors (Lipinski definition) is 2. The van der Waals surface area contributed by atoms with Crippen molar-refractivity contribution >= 4 is 21.9 Å². The van der Waals surface area contributed by atoms with E-state index in [4.69, 9.17) is 0 Å². The first-order valence-corrected chi connectivity index (χ1v) is 8.59. The van der Waals surface area contributed by atoms with Crippen LogP contribution in [0.4, 0.5) is 4.39 Å². The molecular formula is C20H21FN4. The zero-order valence-corrected chi connectivity index (χ0v) is 14.4. The summed E-state index contributed by atoms with van der Waals surface area (Å²) >= 11 is 0. The number of fused-ring (bicyclic) bond motifs is 2. The molecule has 0 unspecified atom stereocenters. The standard InChI is InChI=1S/C20H21FN4/c1-3-16-12(2)15-9-14(21)8-13(20(15)25-16)10-22-11-19-23-17-6-4-5-7-18(17)24-19/h4-9,22,25H,3,10-11H2,1-2H3,(H,23,24). The number of nitrogens with one attached hydrogen (secondary N) is 3. The molecule has 0 fully saturated rings. The minimum atomic E-state index is -0.196. The van der Waals surface area contributed by atoms with Crippen molar-refractivity contribution in [3.05, 3.63) is 64.9 Å². The van der Waals surface area contributed by atoms with Crippen LogP contribution in [0.5, 0.6) is 0 Å². The number of H-pyrrole nitrogens is 2. The van der Waals surface area contributed by atoms with Crippen LogP contribution in [-0.4, -0.2) is 15.0 Å². The van der Waals surface area contributed by atoms with Crippen LogP contribution in [0.3, 0.4) is 0 Å². The highest BCUT2D eigenvalue weighted by atomic mass is 19.1. The number of rotatable bonds is 5. The first-order valence-electron chi connectivity index (χ1n) is 8.59. The van der Waals surface area contributed by atoms with Crippen LogP contribution in [-0.2, 0) is 19.5 Å². The van der Waals surface area contributed by atoms with Crippen molar-refractivity contribution in [2.75, 3.05) is 0 Å². The van der Waals surface area contributed by atoms with Gasteiger partial charge in [0.05, 0.1) is 23.1 Å². The lowest BCUT2D eigenvalue weighted by atomic mass is 10.1. The number of aromatic amines is 2. The molecule has 4 nitrogen and oxygen atoms in total. The summed E-state index contributed by atoms with van der Waals surface area (Å²) in [7, 11) is 0. The lowest BCUT2D eigenvalue weighted by Crippen LogP contribution is -2.14. The summed E-state index contributed by atoms with van der Waals surface area (Å²) in [6, 6.07) is 11.2. The maximum atomic E-state index is 14.0. The Hall–Kier alpha value is -2.66. The van der Waals surface area contributed by atoms with Gasteiger partial charge in [-0.2, -0.15) is 0 Å². The molecule has 2 aromatic heterocycles. The maximum Gasteiger partial charge on any atom is 0.124 e. The van der Waals surface area contributed by atoms with Gasteiger partial charge in [-0.15, -0.1) is 0 Å². The van der Waals surface area contributed by atoms with E-state index in [0.29, 0.717) is 13.1 Å². The second-order valence-electron chi connectivity index (χ2n) is 6.37. The summed E-state index contributed by atoms with van der Waals surface area (Å²) in [6.07, 6.45) is 0.911. The smallest absolute Gasteiger partial charge is 0.124 e. The number of benzene rings is 2. The summed E-state index contributed by atoms with van der Waals surface area (Å²) in [5, 5.41) is 4.33. The molecule has 0 atom stereocenters. The molecule has 0 saturated carbocycles. The third-order valence-corrected chi connectivity index (χ3v) is 4.72. The predicted octanol–water partition coefficient (Wildman–Crippen LogP) is 4.34. The fourth-order valence-electron chi connectivity index (χ4n) is 3.41. The quantitative estimate of drug-likeness (QED) is 0.508. The van der Waals surface area contributed by atoms with Crippen molar-refractivity contribution in [2.24, 2.45) is 0 Å². The summed E-state index contributed by atoms with van der Waals surface area (Å²) in [5.41, 5.74) is 6.25. The van der Waals surface area contributed by atoms with Gasteiger partial charge in [-0.3, -0.25) is 0 Å². The van der Waals surface area contributed by atoms with Crippen LogP contribution in [0.15, 0.2) is 36.4 Å². The van der Waals surface area contributed by atoms with Gasteiger partial charge in [0.1, 0.15) is 11.6 Å². The van der Waals surface area contributed by atoms with Crippen LogP contribution in [0.25, 0.3) is 21.9 Å². The topological polar surface area (TPSA) is 56.5 Å². The molecule has 0 bridgehead atoms. The van der Waals surface area contributed by atoms with E-state index >= 15 is 0 Å². The molecule has 2 heterocycles. The number of para-hydroxylation sites is 2. The Morgan fingerprint density at radius 3 is 2.76 bits per heavy atom. The molecule has 128 valence electrons. The summed E-state index contributed by atoms with van der Waals surface area (Å²) in [4.78, 5) is 11.3. The highest BCUT2D eigenvalue weighted by molar-refractivity contribution is 5.87. The average Bonchev–Trinajstić information content (AvgIpc) is 3.16. The minimum absolute atomic E-state index is 0.196. The molecule has 0 amide bonds. The molecular weight excluding hydrogens is 315 g/mol. The highest BCUT2D eigenvalue weighted by Crippen LogP contribution is 2.26. The predicted molar refractivity (Wildman–Crippen MR) is 99.0 cm³/mol. The second kappa shape index (κ2) is 6.33. The fraction of sp³-hybridized carbons (Fsp3) is 0.250. The van der Waals surface area contributed by atoms with Gasteiger partial charge >= 0.3 is 0 Å². The van der Waals surface area contributed by atoms with Gasteiger partial charge in [0, 0.05) is 17.6 Å². The van der Waals surface area contributed by atoms with Gasteiger partial charge in [0.15, 0.2) is 0 Å². The van der Waals surface area contributed by atoms with Gasteiger partial charge in [-0.05, 0) is 48.7 Å². The third-order valence-electron chi connectivity index (χ3n) is 4.72. The van der Waals surface area contributed by atoms with E-state index < -0.39 is 0 Å². The molecule has 0 aliphatic rings. The first kappa shape index (κ1) is 15.8. The van der Waals surface area contributed by atoms with E-state index in [1.165, 1.54) is 5.69 Å². The number of aryl methyl sites for hydroxylation is 2. The zero-order valence-electron chi connectivity index (χ0n) is 14.4. The van der Waals surface area contributed by atoms with E-state index in [1.807, 2.05) is 31.2 Å². The van der Waals surface area contributed by atoms with Crippen LogP contribution in [0.1, 0.15) is 29.6 Å². The van der Waals surface area contributed by atoms with Crippen LogP contribution in [0, 0.1) is 12.7 Å². The molecule has 4 aromatic rings. The average molecular weight is 336 g/mol. The van der Waals surface area contributed by atoms with Crippen molar-refractivity contribution in [1.29, 1.82) is 0 Å². The van der Waals surface area contributed by atoms with Gasteiger partial charge in [0.2, 0.25) is 0 Å². The first-order chi connectivity index (χ1) is 12.2. The van der Waals surface area contributed by atoms with Crippen molar-refractivity contribution in [3.8, 4) is 0 Å². The Kier molecular flexibility index (Phi) is 4.01. The van der Waals surface area contributed by atoms with Gasteiger partial charge in [0.25, 0.3) is 0 Å². The Morgan fingerprint density at radius 1 is 1.12 bits per heavy atom. The van der Waals surface area contributed by atoms with E-state index in [9.17, 15) is 4.39 Å². The SMILES string of the molecule is CCc1[nH]c2c(CNCc3nc4ccccc4[nH]3)cc(F)cc2c1C. The number of hydrogen-bond donors (Lipinski definition) is 3. The van der Waals surface area contributed by atoms with Crippen molar-refractivity contribution < 1.29 is 4.39 Å². The Bertz CT molecular complexity index is 1010. The molecule has 0 aliphatic carbocycles. The van der Waals surface area contributed by atoms with E-state index in [1.54, 1.807) is 12.1 Å². The molecule has 4 rings (SSSR count). The molecule has 2 aromatic carbocycles. The number of halogens is 1. The zero-order chi connectivity index (χ0) is 17.4. The minimum Gasteiger partial charge on any atom is -0.358 e. The van der Waals surface area contributed by atoms with E-state index in [2.05, 4.69) is 27.2 Å². The Balaban J connectivity index is 1.56. The van der Waals surface area contributed by atoms with Gasteiger partial charge in [-0.25, -0.2) is 9.37 Å². The molecule has 25 heavy (non-hydrogen) atoms. The van der Waals surface area contributed by atoms with Crippen LogP contribution < -0.4 is 5.32 Å². The molecule has 0 radical (unpaired) electrons. The fourth-order valence-corrected chi connectivity index (χ4v) is 3.41. The van der Waals surface area contributed by atoms with E-state index in [-0.39, 0.29) is 5.82 Å². The summed E-state index contributed by atoms with van der Waals surface area (Å²) in [6.45, 7) is 5.33. The monoisotopic (exact) mass is 336 g/mol. The summed E-state index contributed by atoms with van der Waals surface area (Å²) < 4.78 is 14.0.